The van der Waals surface area contributed by atoms with Crippen molar-refractivity contribution in [3.63, 3.8) is 0 Å². The van der Waals surface area contributed by atoms with Crippen molar-refractivity contribution >= 4 is 57.2 Å². The second-order valence-electron chi connectivity index (χ2n) is 10.4. The predicted octanol–water partition coefficient (Wildman–Crippen LogP) is 6.03. The molecule has 1 aromatic carbocycles. The number of nitrogens with zero attached hydrogens (tertiary/aromatic N) is 6. The number of aryl methyl sites for hydroxylation is 1. The summed E-state index contributed by atoms with van der Waals surface area (Å²) in [5.74, 6) is 0.732. The maximum Gasteiger partial charge on any atom is 0.410 e. The fourth-order valence-electron chi connectivity index (χ4n) is 4.51. The van der Waals surface area contributed by atoms with Crippen LogP contribution < -0.4 is 9.80 Å². The van der Waals surface area contributed by atoms with Gasteiger partial charge in [0, 0.05) is 42.3 Å². The maximum atomic E-state index is 13.1. The lowest BCUT2D eigenvalue weighted by Crippen LogP contribution is -2.53. The number of carbonyl (C=O) groups excluding carboxylic acids is 2. The first-order valence-electron chi connectivity index (χ1n) is 12.8. The van der Waals surface area contributed by atoms with Crippen LogP contribution in [0.3, 0.4) is 0 Å². The summed E-state index contributed by atoms with van der Waals surface area (Å²) in [7, 11) is 1.98. The molecule has 39 heavy (non-hydrogen) atoms. The largest absolute Gasteiger partial charge is 0.444 e. The number of hydrogen-bond acceptors (Lipinski definition) is 7. The topological polar surface area (TPSA) is 83.3 Å². The number of benzene rings is 1. The van der Waals surface area contributed by atoms with Crippen LogP contribution in [0.5, 0.6) is 0 Å². The van der Waals surface area contributed by atoms with Crippen LogP contribution in [0.25, 0.3) is 16.9 Å². The van der Waals surface area contributed by atoms with Crippen molar-refractivity contribution in [1.82, 2.24) is 19.3 Å². The van der Waals surface area contributed by atoms with Crippen LogP contribution in [-0.2, 0) is 16.0 Å². The second kappa shape index (κ2) is 10.5. The molecule has 204 valence electrons. The molecule has 0 radical (unpaired) electrons. The number of carbonyl (C=O) groups is 2. The Bertz CT molecular complexity index is 1520. The normalized spacial score (nSPS) is 14.3. The third-order valence-electron chi connectivity index (χ3n) is 6.40. The van der Waals surface area contributed by atoms with Crippen LogP contribution in [0.2, 0.25) is 5.02 Å². The lowest BCUT2D eigenvalue weighted by atomic mass is 10.2. The first kappa shape index (κ1) is 27.0. The van der Waals surface area contributed by atoms with Crippen molar-refractivity contribution in [2.75, 3.05) is 36.5 Å². The Kier molecular flexibility index (Phi) is 7.26. The molecule has 9 nitrogen and oxygen atoms in total. The van der Waals surface area contributed by atoms with Crippen molar-refractivity contribution in [2.24, 2.45) is 0 Å². The van der Waals surface area contributed by atoms with E-state index in [2.05, 4.69) is 6.92 Å². The van der Waals surface area contributed by atoms with Gasteiger partial charge in [-0.15, -0.1) is 11.3 Å². The third kappa shape index (κ3) is 5.58. The highest BCUT2D eigenvalue weighted by molar-refractivity contribution is 7.14. The number of amides is 2. The summed E-state index contributed by atoms with van der Waals surface area (Å²) < 4.78 is 7.45. The van der Waals surface area contributed by atoms with E-state index < -0.39 is 11.7 Å². The standard InChI is InChI=1S/C28H31ClN6O3S/c1-6-21-25(32(5)26-31-22(17-39-26)18-7-9-19(29)10-8-18)35-15-20(11-12-23(35)30-21)34-14-13-33(16-24(34)36)27(37)38-28(2,3)4/h7-12,15,17H,6,13-14,16H2,1-5H3. The molecule has 5 rings (SSSR count). The Hall–Kier alpha value is -3.63. The van der Waals surface area contributed by atoms with E-state index in [-0.39, 0.29) is 12.5 Å². The van der Waals surface area contributed by atoms with E-state index in [0.717, 1.165) is 45.7 Å². The lowest BCUT2D eigenvalue weighted by Gasteiger charge is -2.35. The Morgan fingerprint density at radius 2 is 1.87 bits per heavy atom. The number of hydrogen-bond donors (Lipinski definition) is 0. The average Bonchev–Trinajstić information content (AvgIpc) is 3.52. The molecule has 3 aromatic heterocycles. The van der Waals surface area contributed by atoms with Crippen LogP contribution >= 0.6 is 22.9 Å². The average molecular weight is 567 g/mol. The Balaban J connectivity index is 1.42. The van der Waals surface area contributed by atoms with Crippen molar-refractivity contribution < 1.29 is 14.3 Å². The minimum atomic E-state index is -0.615. The van der Waals surface area contributed by atoms with Gasteiger partial charge in [-0.2, -0.15) is 0 Å². The summed E-state index contributed by atoms with van der Waals surface area (Å²) in [6.45, 7) is 8.24. The number of halogens is 1. The van der Waals surface area contributed by atoms with Crippen LogP contribution in [-0.4, -0.2) is 63.6 Å². The van der Waals surface area contributed by atoms with Gasteiger partial charge in [0.2, 0.25) is 5.91 Å². The molecule has 4 heterocycles. The van der Waals surface area contributed by atoms with Crippen LogP contribution in [0, 0.1) is 0 Å². The van der Waals surface area contributed by atoms with Gasteiger partial charge in [-0.05, 0) is 51.5 Å². The Morgan fingerprint density at radius 1 is 1.13 bits per heavy atom. The van der Waals surface area contributed by atoms with E-state index >= 15 is 0 Å². The number of anilines is 3. The molecule has 0 unspecified atom stereocenters. The molecule has 0 spiro atoms. The van der Waals surface area contributed by atoms with E-state index in [9.17, 15) is 9.59 Å². The molecule has 0 saturated carbocycles. The zero-order valence-corrected chi connectivity index (χ0v) is 24.2. The highest BCUT2D eigenvalue weighted by Crippen LogP contribution is 2.34. The van der Waals surface area contributed by atoms with E-state index in [4.69, 9.17) is 26.3 Å². The highest BCUT2D eigenvalue weighted by Gasteiger charge is 2.31. The zero-order valence-electron chi connectivity index (χ0n) is 22.6. The molecule has 1 saturated heterocycles. The number of aromatic nitrogens is 3. The van der Waals surface area contributed by atoms with Crippen molar-refractivity contribution in [3.8, 4) is 11.3 Å². The second-order valence-corrected chi connectivity index (χ2v) is 11.7. The number of piperazine rings is 1. The van der Waals surface area contributed by atoms with Crippen molar-refractivity contribution in [2.45, 2.75) is 39.7 Å². The molecule has 1 fully saturated rings. The summed E-state index contributed by atoms with van der Waals surface area (Å²) in [5, 5.41) is 3.53. The first-order valence-corrected chi connectivity index (χ1v) is 14.0. The van der Waals surface area contributed by atoms with Gasteiger partial charge in [-0.1, -0.05) is 30.7 Å². The number of fused-ring (bicyclic) bond motifs is 1. The predicted molar refractivity (Wildman–Crippen MR) is 155 cm³/mol. The SMILES string of the molecule is CCc1nc2ccc(N3CCN(C(=O)OC(C)(C)C)CC3=O)cn2c1N(C)c1nc(-c2ccc(Cl)cc2)cs1. The zero-order chi connectivity index (χ0) is 27.9. The number of pyridine rings is 1. The first-order chi connectivity index (χ1) is 18.5. The molecule has 0 bridgehead atoms. The molecule has 0 atom stereocenters. The Morgan fingerprint density at radius 3 is 2.54 bits per heavy atom. The number of rotatable bonds is 5. The highest BCUT2D eigenvalue weighted by atomic mass is 35.5. The van der Waals surface area contributed by atoms with Crippen LogP contribution in [0.4, 0.5) is 21.4 Å². The molecule has 4 aromatic rings. The van der Waals surface area contributed by atoms with E-state index in [1.165, 1.54) is 4.90 Å². The molecule has 0 aliphatic carbocycles. The van der Waals surface area contributed by atoms with Crippen molar-refractivity contribution in [1.29, 1.82) is 0 Å². The monoisotopic (exact) mass is 566 g/mol. The quantitative estimate of drug-likeness (QED) is 0.293. The third-order valence-corrected chi connectivity index (χ3v) is 7.57. The summed E-state index contributed by atoms with van der Waals surface area (Å²) in [5.41, 5.74) is 3.71. The molecule has 1 aliphatic heterocycles. The minimum Gasteiger partial charge on any atom is -0.444 e. The van der Waals surface area contributed by atoms with Gasteiger partial charge in [0.1, 0.15) is 23.6 Å². The number of imidazole rings is 1. The molecular weight excluding hydrogens is 536 g/mol. The van der Waals surface area contributed by atoms with Gasteiger partial charge in [-0.25, -0.2) is 14.8 Å². The Labute approximate surface area is 236 Å². The van der Waals surface area contributed by atoms with Crippen LogP contribution in [0.15, 0.2) is 48.0 Å². The lowest BCUT2D eigenvalue weighted by molar-refractivity contribution is -0.121. The molecule has 0 N–H and O–H groups in total. The molecular formula is C28H31ClN6O3S. The summed E-state index contributed by atoms with van der Waals surface area (Å²) in [6.07, 6.45) is 2.19. The fourth-order valence-corrected chi connectivity index (χ4v) is 5.44. The minimum absolute atomic E-state index is 0.0313. The van der Waals surface area contributed by atoms with Gasteiger partial charge in [0.25, 0.3) is 0 Å². The molecule has 11 heteroatoms. The molecule has 1 aliphatic rings. The van der Waals surface area contributed by atoms with Crippen molar-refractivity contribution in [3.05, 3.63) is 58.7 Å². The van der Waals surface area contributed by atoms with E-state index in [1.807, 2.05) is 85.1 Å². The van der Waals surface area contributed by atoms with E-state index in [1.54, 1.807) is 16.2 Å². The van der Waals surface area contributed by atoms with E-state index in [0.29, 0.717) is 18.1 Å². The van der Waals surface area contributed by atoms with Gasteiger partial charge in [-0.3, -0.25) is 14.1 Å². The van der Waals surface area contributed by atoms with Gasteiger partial charge in [0.15, 0.2) is 5.13 Å². The number of ether oxygens (including phenoxy) is 1. The summed E-state index contributed by atoms with van der Waals surface area (Å²) in [4.78, 5) is 40.5. The number of thiazole rings is 1. The van der Waals surface area contributed by atoms with Gasteiger partial charge < -0.3 is 14.5 Å². The smallest absolute Gasteiger partial charge is 0.410 e. The molecule has 2 amide bonds. The summed E-state index contributed by atoms with van der Waals surface area (Å²) >= 11 is 7.60. The maximum absolute atomic E-state index is 13.1. The summed E-state index contributed by atoms with van der Waals surface area (Å²) in [6, 6.07) is 11.4. The van der Waals surface area contributed by atoms with Gasteiger partial charge in [0.05, 0.1) is 17.1 Å². The van der Waals surface area contributed by atoms with Gasteiger partial charge >= 0.3 is 6.09 Å². The van der Waals surface area contributed by atoms with Crippen LogP contribution in [0.1, 0.15) is 33.4 Å². The fraction of sp³-hybridized carbons (Fsp3) is 0.357.